The fraction of sp³-hybridized carbons (Fsp3) is 0.143. The average molecular weight is 153 g/mol. The zero-order valence-electron chi connectivity index (χ0n) is 5.57. The zero-order chi connectivity index (χ0) is 7.40. The summed E-state index contributed by atoms with van der Waals surface area (Å²) in [6, 6.07) is 0. The highest BCUT2D eigenvalue weighted by atomic mass is 32.1. The lowest BCUT2D eigenvalue weighted by atomic mass is 10.5. The summed E-state index contributed by atoms with van der Waals surface area (Å²) >= 11 is 1.57. The Morgan fingerprint density at radius 1 is 1.70 bits per heavy atom. The number of rotatable bonds is 2. The molecule has 0 radical (unpaired) electrons. The molecule has 0 aromatic carbocycles. The van der Waals surface area contributed by atoms with Crippen molar-refractivity contribution in [3.8, 4) is 0 Å². The summed E-state index contributed by atoms with van der Waals surface area (Å²) in [6.45, 7) is 1.98. The number of nitrogens with zero attached hydrogens (tertiary/aromatic N) is 1. The molecule has 0 aliphatic carbocycles. The van der Waals surface area contributed by atoms with Crippen LogP contribution in [0.25, 0.3) is 6.08 Å². The van der Waals surface area contributed by atoms with Gasteiger partial charge in [-0.1, -0.05) is 0 Å². The molecule has 2 nitrogen and oxygen atoms in total. The van der Waals surface area contributed by atoms with E-state index in [1.807, 2.05) is 6.92 Å². The summed E-state index contributed by atoms with van der Waals surface area (Å²) in [6.07, 6.45) is 5.68. The number of hydrogen-bond donors (Lipinski definition) is 0. The Hall–Kier alpha value is -0.960. The third-order valence-corrected chi connectivity index (χ3v) is 1.83. The van der Waals surface area contributed by atoms with Gasteiger partial charge in [0, 0.05) is 11.1 Å². The summed E-state index contributed by atoms with van der Waals surface area (Å²) in [7, 11) is 0. The number of carbonyl (C=O) groups excluding carboxylic acids is 1. The van der Waals surface area contributed by atoms with E-state index in [1.165, 1.54) is 6.08 Å². The van der Waals surface area contributed by atoms with Gasteiger partial charge < -0.3 is 0 Å². The number of carbonyl (C=O) groups is 1. The number of hydrogen-bond acceptors (Lipinski definition) is 3. The lowest BCUT2D eigenvalue weighted by molar-refractivity contribution is -0.104. The Morgan fingerprint density at radius 2 is 2.50 bits per heavy atom. The molecule has 0 atom stereocenters. The Morgan fingerprint density at radius 3 is 3.00 bits per heavy atom. The first-order valence-electron chi connectivity index (χ1n) is 2.87. The molecule has 0 N–H and O–H groups in total. The molecule has 0 spiro atoms. The number of allylic oxidation sites excluding steroid dienone is 1. The molecule has 0 bridgehead atoms. The van der Waals surface area contributed by atoms with E-state index < -0.39 is 0 Å². The van der Waals surface area contributed by atoms with E-state index in [2.05, 4.69) is 4.98 Å². The van der Waals surface area contributed by atoms with Crippen LogP contribution in [0.5, 0.6) is 0 Å². The van der Waals surface area contributed by atoms with Crippen LogP contribution in [-0.2, 0) is 4.79 Å². The van der Waals surface area contributed by atoms with Crippen LogP contribution in [0.15, 0.2) is 12.3 Å². The maximum absolute atomic E-state index is 9.88. The summed E-state index contributed by atoms with van der Waals surface area (Å²) in [5.41, 5.74) is 0. The van der Waals surface area contributed by atoms with Gasteiger partial charge in [0.1, 0.15) is 11.3 Å². The average Bonchev–Trinajstić information content (AvgIpc) is 2.31. The second-order valence-electron chi connectivity index (χ2n) is 1.80. The SMILES string of the molecule is Cc1cnc(C=CC=O)s1. The van der Waals surface area contributed by atoms with Crippen LogP contribution in [0.1, 0.15) is 9.88 Å². The smallest absolute Gasteiger partial charge is 0.142 e. The predicted octanol–water partition coefficient (Wildman–Crippen LogP) is 1.66. The first-order chi connectivity index (χ1) is 4.83. The van der Waals surface area contributed by atoms with Gasteiger partial charge in [0.25, 0.3) is 0 Å². The molecule has 10 heavy (non-hydrogen) atoms. The van der Waals surface area contributed by atoms with E-state index in [9.17, 15) is 4.79 Å². The van der Waals surface area contributed by atoms with Gasteiger partial charge in [0.15, 0.2) is 0 Å². The first kappa shape index (κ1) is 7.15. The maximum Gasteiger partial charge on any atom is 0.142 e. The quantitative estimate of drug-likeness (QED) is 0.477. The molecule has 0 saturated heterocycles. The summed E-state index contributed by atoms with van der Waals surface area (Å²) in [5.74, 6) is 0. The third kappa shape index (κ3) is 1.77. The Bertz CT molecular complexity index is 252. The summed E-state index contributed by atoms with van der Waals surface area (Å²) in [4.78, 5) is 15.1. The fourth-order valence-electron chi connectivity index (χ4n) is 0.571. The highest BCUT2D eigenvalue weighted by Crippen LogP contribution is 2.11. The molecule has 0 unspecified atom stereocenters. The zero-order valence-corrected chi connectivity index (χ0v) is 6.39. The molecule has 3 heteroatoms. The Labute approximate surface area is 63.2 Å². The topological polar surface area (TPSA) is 30.0 Å². The molecule has 0 fully saturated rings. The van der Waals surface area contributed by atoms with Gasteiger partial charge in [-0.25, -0.2) is 4.98 Å². The van der Waals surface area contributed by atoms with Crippen LogP contribution in [0, 0.1) is 6.92 Å². The Balaban J connectivity index is 2.75. The van der Waals surface area contributed by atoms with Gasteiger partial charge in [-0.15, -0.1) is 11.3 Å². The minimum atomic E-state index is 0.747. The molecule has 1 aromatic rings. The van der Waals surface area contributed by atoms with E-state index in [0.717, 1.165) is 16.2 Å². The lowest BCUT2D eigenvalue weighted by Gasteiger charge is -1.75. The molecular formula is C7H7NOS. The highest BCUT2D eigenvalue weighted by molar-refractivity contribution is 7.12. The van der Waals surface area contributed by atoms with Crippen LogP contribution in [0.2, 0.25) is 0 Å². The van der Waals surface area contributed by atoms with Crippen molar-refractivity contribution in [2.45, 2.75) is 6.92 Å². The first-order valence-corrected chi connectivity index (χ1v) is 3.69. The van der Waals surface area contributed by atoms with Gasteiger partial charge in [-0.05, 0) is 19.1 Å². The van der Waals surface area contributed by atoms with Gasteiger partial charge in [-0.3, -0.25) is 4.79 Å². The molecule has 0 saturated carbocycles. The molecule has 0 amide bonds. The van der Waals surface area contributed by atoms with Gasteiger partial charge in [0.2, 0.25) is 0 Å². The molecule has 52 valence electrons. The summed E-state index contributed by atoms with van der Waals surface area (Å²) in [5, 5.41) is 0.879. The van der Waals surface area contributed by atoms with Crippen LogP contribution in [0.3, 0.4) is 0 Å². The van der Waals surface area contributed by atoms with Crippen molar-refractivity contribution in [2.24, 2.45) is 0 Å². The van der Waals surface area contributed by atoms with Crippen molar-refractivity contribution in [1.82, 2.24) is 4.98 Å². The largest absolute Gasteiger partial charge is 0.299 e. The van der Waals surface area contributed by atoms with E-state index >= 15 is 0 Å². The van der Waals surface area contributed by atoms with Crippen molar-refractivity contribution < 1.29 is 4.79 Å². The van der Waals surface area contributed by atoms with Crippen LogP contribution in [-0.4, -0.2) is 11.3 Å². The van der Waals surface area contributed by atoms with Crippen molar-refractivity contribution >= 4 is 23.7 Å². The molecule has 1 rings (SSSR count). The van der Waals surface area contributed by atoms with E-state index in [-0.39, 0.29) is 0 Å². The number of aryl methyl sites for hydroxylation is 1. The minimum Gasteiger partial charge on any atom is -0.299 e. The van der Waals surface area contributed by atoms with Crippen LogP contribution in [0.4, 0.5) is 0 Å². The normalized spacial score (nSPS) is 10.5. The minimum absolute atomic E-state index is 0.747. The molecule has 1 aromatic heterocycles. The second kappa shape index (κ2) is 3.27. The monoisotopic (exact) mass is 153 g/mol. The predicted molar refractivity (Wildman–Crippen MR) is 41.9 cm³/mol. The van der Waals surface area contributed by atoms with Crippen molar-refractivity contribution in [2.75, 3.05) is 0 Å². The number of aldehydes is 1. The molecule has 0 aliphatic rings. The van der Waals surface area contributed by atoms with Gasteiger partial charge >= 0.3 is 0 Å². The number of aromatic nitrogens is 1. The molecule has 0 aliphatic heterocycles. The standard InChI is InChI=1S/C7H7NOS/c1-6-5-8-7(10-6)3-2-4-9/h2-5H,1H3. The van der Waals surface area contributed by atoms with E-state index in [4.69, 9.17) is 0 Å². The fourth-order valence-corrected chi connectivity index (χ4v) is 1.26. The van der Waals surface area contributed by atoms with Gasteiger partial charge in [-0.2, -0.15) is 0 Å². The highest BCUT2D eigenvalue weighted by Gasteiger charge is 1.90. The van der Waals surface area contributed by atoms with E-state index in [1.54, 1.807) is 23.6 Å². The van der Waals surface area contributed by atoms with Crippen molar-refractivity contribution in [3.05, 3.63) is 22.2 Å². The second-order valence-corrected chi connectivity index (χ2v) is 3.07. The van der Waals surface area contributed by atoms with Crippen LogP contribution < -0.4 is 0 Å². The molecule has 1 heterocycles. The van der Waals surface area contributed by atoms with Gasteiger partial charge in [0.05, 0.1) is 0 Å². The van der Waals surface area contributed by atoms with Crippen molar-refractivity contribution in [3.63, 3.8) is 0 Å². The lowest BCUT2D eigenvalue weighted by Crippen LogP contribution is -1.64. The third-order valence-electron chi connectivity index (χ3n) is 0.957. The number of thiazole rings is 1. The van der Waals surface area contributed by atoms with Crippen molar-refractivity contribution in [1.29, 1.82) is 0 Å². The summed E-state index contributed by atoms with van der Waals surface area (Å²) < 4.78 is 0. The van der Waals surface area contributed by atoms with E-state index in [0.29, 0.717) is 0 Å². The Kier molecular flexibility index (Phi) is 2.34. The molecular weight excluding hydrogens is 146 g/mol. The maximum atomic E-state index is 9.88. The van der Waals surface area contributed by atoms with Crippen LogP contribution >= 0.6 is 11.3 Å².